The fraction of sp³-hybridized carbons (Fsp3) is 0.500. The number of carboxylic acids is 1. The predicted molar refractivity (Wildman–Crippen MR) is 76.7 cm³/mol. The van der Waals surface area contributed by atoms with E-state index in [9.17, 15) is 18.3 Å². The highest BCUT2D eigenvalue weighted by atomic mass is 32.2. The average molecular weight is 313 g/mol. The third kappa shape index (κ3) is 2.68. The Morgan fingerprint density at radius 2 is 1.90 bits per heavy atom. The molecule has 2 N–H and O–H groups in total. The summed E-state index contributed by atoms with van der Waals surface area (Å²) in [5.41, 5.74) is -0.535. The van der Waals surface area contributed by atoms with Crippen LogP contribution in [-0.2, 0) is 10.0 Å². The number of benzene rings is 1. The molecule has 6 nitrogen and oxygen atoms in total. The number of rotatable bonds is 4. The van der Waals surface area contributed by atoms with Crippen LogP contribution in [-0.4, -0.2) is 47.6 Å². The monoisotopic (exact) mass is 313 g/mol. The highest BCUT2D eigenvalue weighted by Gasteiger charge is 2.49. The molecule has 116 valence electrons. The molecule has 0 radical (unpaired) electrons. The first kappa shape index (κ1) is 15.9. The van der Waals surface area contributed by atoms with Gasteiger partial charge in [0.1, 0.15) is 0 Å². The lowest BCUT2D eigenvalue weighted by Crippen LogP contribution is -2.65. The molecule has 1 heterocycles. The van der Waals surface area contributed by atoms with Crippen molar-refractivity contribution < 1.29 is 23.4 Å². The summed E-state index contributed by atoms with van der Waals surface area (Å²) in [6.07, 6.45) is 0. The van der Waals surface area contributed by atoms with Gasteiger partial charge in [-0.3, -0.25) is 0 Å². The number of aryl methyl sites for hydroxylation is 1. The molecule has 0 spiro atoms. The number of aromatic carboxylic acids is 1. The van der Waals surface area contributed by atoms with Crippen molar-refractivity contribution in [1.82, 2.24) is 4.31 Å². The number of aliphatic hydroxyl groups is 1. The van der Waals surface area contributed by atoms with Gasteiger partial charge in [0.2, 0.25) is 10.0 Å². The van der Waals surface area contributed by atoms with Gasteiger partial charge >= 0.3 is 5.97 Å². The summed E-state index contributed by atoms with van der Waals surface area (Å²) < 4.78 is 26.0. The third-order valence-corrected chi connectivity index (χ3v) is 5.84. The van der Waals surface area contributed by atoms with Gasteiger partial charge < -0.3 is 10.2 Å². The van der Waals surface area contributed by atoms with E-state index in [1.54, 1.807) is 6.92 Å². The Kier molecular flexibility index (Phi) is 3.86. The highest BCUT2D eigenvalue weighted by molar-refractivity contribution is 7.89. The largest absolute Gasteiger partial charge is 0.478 e. The molecule has 1 saturated heterocycles. The maximum atomic E-state index is 12.4. The molecule has 1 aliphatic heterocycles. The normalized spacial score (nSPS) is 18.5. The summed E-state index contributed by atoms with van der Waals surface area (Å²) in [5.74, 6) is -1.21. The van der Waals surface area contributed by atoms with Gasteiger partial charge in [0.05, 0.1) is 16.1 Å². The van der Waals surface area contributed by atoms with Gasteiger partial charge in [-0.05, 0) is 30.5 Å². The lowest BCUT2D eigenvalue weighted by Gasteiger charge is -2.47. The van der Waals surface area contributed by atoms with Gasteiger partial charge in [0, 0.05) is 13.1 Å². The maximum Gasteiger partial charge on any atom is 0.335 e. The molecule has 2 rings (SSSR count). The van der Waals surface area contributed by atoms with Crippen LogP contribution in [0.3, 0.4) is 0 Å². The molecular weight excluding hydrogens is 294 g/mol. The summed E-state index contributed by atoms with van der Waals surface area (Å²) in [6.45, 7) is 5.34. The Bertz CT molecular complexity index is 675. The third-order valence-electron chi connectivity index (χ3n) is 4.05. The number of carbonyl (C=O) groups is 1. The van der Waals surface area contributed by atoms with E-state index in [1.165, 1.54) is 22.5 Å². The Labute approximate surface area is 124 Å². The second kappa shape index (κ2) is 5.08. The summed E-state index contributed by atoms with van der Waals surface area (Å²) in [6, 6.07) is 4.04. The van der Waals surface area contributed by atoms with Crippen LogP contribution in [0.25, 0.3) is 0 Å². The van der Waals surface area contributed by atoms with E-state index in [2.05, 4.69) is 0 Å². The van der Waals surface area contributed by atoms with Crippen molar-refractivity contribution in [1.29, 1.82) is 0 Å². The Morgan fingerprint density at radius 1 is 1.33 bits per heavy atom. The van der Waals surface area contributed by atoms with E-state index in [1.807, 2.05) is 13.8 Å². The molecule has 1 aromatic carbocycles. The van der Waals surface area contributed by atoms with Crippen molar-refractivity contribution in [3.8, 4) is 0 Å². The molecule has 21 heavy (non-hydrogen) atoms. The zero-order valence-electron chi connectivity index (χ0n) is 12.2. The molecule has 1 aromatic rings. The molecule has 0 aliphatic carbocycles. The first-order valence-corrected chi connectivity index (χ1v) is 8.08. The van der Waals surface area contributed by atoms with E-state index in [-0.39, 0.29) is 29.5 Å². The molecule has 0 aromatic heterocycles. The smallest absolute Gasteiger partial charge is 0.335 e. The van der Waals surface area contributed by atoms with Crippen LogP contribution in [0.2, 0.25) is 0 Å². The average Bonchev–Trinajstić information content (AvgIpc) is 2.34. The van der Waals surface area contributed by atoms with Crippen LogP contribution in [0.1, 0.15) is 29.8 Å². The highest BCUT2D eigenvalue weighted by Crippen LogP contribution is 2.33. The molecule has 0 bridgehead atoms. The number of hydrogen-bond donors (Lipinski definition) is 2. The fourth-order valence-corrected chi connectivity index (χ4v) is 3.83. The van der Waals surface area contributed by atoms with Crippen molar-refractivity contribution in [2.24, 2.45) is 5.92 Å². The minimum absolute atomic E-state index is 0.0310. The number of sulfonamides is 1. The van der Waals surface area contributed by atoms with Crippen LogP contribution in [0, 0.1) is 12.8 Å². The zero-order chi connectivity index (χ0) is 16.0. The number of β-amino-alcohol motifs (C(OH)–C–C–N with tert-alkyl or cyclic N) is 1. The lowest BCUT2D eigenvalue weighted by molar-refractivity contribution is -0.0932. The van der Waals surface area contributed by atoms with E-state index in [0.717, 1.165) is 0 Å². The van der Waals surface area contributed by atoms with Crippen LogP contribution in [0.5, 0.6) is 0 Å². The van der Waals surface area contributed by atoms with E-state index < -0.39 is 21.6 Å². The fourth-order valence-electron chi connectivity index (χ4n) is 2.24. The quantitative estimate of drug-likeness (QED) is 0.867. The van der Waals surface area contributed by atoms with Gasteiger partial charge in [0.15, 0.2) is 0 Å². The van der Waals surface area contributed by atoms with Gasteiger partial charge in [-0.15, -0.1) is 0 Å². The SMILES string of the molecule is Cc1ccc(S(=O)(=O)N2CC(O)(C(C)C)C2)cc1C(=O)O. The number of hydrogen-bond acceptors (Lipinski definition) is 4. The van der Waals surface area contributed by atoms with Gasteiger partial charge in [-0.2, -0.15) is 4.31 Å². The van der Waals surface area contributed by atoms with Crippen molar-refractivity contribution in [3.63, 3.8) is 0 Å². The van der Waals surface area contributed by atoms with Crippen molar-refractivity contribution in [2.45, 2.75) is 31.3 Å². The zero-order valence-corrected chi connectivity index (χ0v) is 13.0. The Morgan fingerprint density at radius 3 is 2.38 bits per heavy atom. The summed E-state index contributed by atoms with van der Waals surface area (Å²) >= 11 is 0. The topological polar surface area (TPSA) is 94.9 Å². The second-order valence-electron chi connectivity index (χ2n) is 5.81. The van der Waals surface area contributed by atoms with E-state index in [4.69, 9.17) is 5.11 Å². The van der Waals surface area contributed by atoms with Gasteiger partial charge in [0.25, 0.3) is 0 Å². The van der Waals surface area contributed by atoms with Crippen LogP contribution in [0.15, 0.2) is 23.1 Å². The molecule has 1 aliphatic rings. The summed E-state index contributed by atoms with van der Waals surface area (Å²) in [4.78, 5) is 11.0. The predicted octanol–water partition coefficient (Wildman–Crippen LogP) is 1.08. The minimum atomic E-state index is -3.77. The summed E-state index contributed by atoms with van der Waals surface area (Å²) in [7, 11) is -3.77. The first-order valence-electron chi connectivity index (χ1n) is 6.64. The molecule has 0 unspecified atom stereocenters. The lowest BCUT2D eigenvalue weighted by atomic mass is 9.85. The van der Waals surface area contributed by atoms with E-state index in [0.29, 0.717) is 5.56 Å². The van der Waals surface area contributed by atoms with Crippen LogP contribution >= 0.6 is 0 Å². The first-order chi connectivity index (χ1) is 9.58. The molecule has 0 atom stereocenters. The number of nitrogens with zero attached hydrogens (tertiary/aromatic N) is 1. The van der Waals surface area contributed by atoms with Crippen LogP contribution < -0.4 is 0 Å². The summed E-state index contributed by atoms with van der Waals surface area (Å²) in [5, 5.41) is 19.2. The number of carboxylic acid groups (broad SMARTS) is 1. The molecule has 1 fully saturated rings. The Balaban J connectivity index is 2.30. The van der Waals surface area contributed by atoms with E-state index >= 15 is 0 Å². The standard InChI is InChI=1S/C14H19NO5S/c1-9(2)14(18)7-15(8-14)21(19,20)11-5-4-10(3)12(6-11)13(16)17/h4-6,9,18H,7-8H2,1-3H3,(H,16,17). The van der Waals surface area contributed by atoms with Crippen molar-refractivity contribution in [2.75, 3.05) is 13.1 Å². The van der Waals surface area contributed by atoms with Crippen molar-refractivity contribution >= 4 is 16.0 Å². The molecule has 0 amide bonds. The Hall–Kier alpha value is -1.44. The van der Waals surface area contributed by atoms with Crippen molar-refractivity contribution in [3.05, 3.63) is 29.3 Å². The van der Waals surface area contributed by atoms with Crippen LogP contribution in [0.4, 0.5) is 0 Å². The molecule has 7 heteroatoms. The van der Waals surface area contributed by atoms with Gasteiger partial charge in [-0.1, -0.05) is 19.9 Å². The maximum absolute atomic E-state index is 12.4. The molecular formula is C14H19NO5S. The minimum Gasteiger partial charge on any atom is -0.478 e. The van der Waals surface area contributed by atoms with Gasteiger partial charge in [-0.25, -0.2) is 13.2 Å². The second-order valence-corrected chi connectivity index (χ2v) is 7.75. The molecule has 0 saturated carbocycles.